The van der Waals surface area contributed by atoms with Crippen LogP contribution in [-0.2, 0) is 9.53 Å². The Morgan fingerprint density at radius 2 is 1.79 bits per heavy atom. The molecule has 84 valence electrons. The maximum absolute atomic E-state index is 11.6. The molecule has 0 N–H and O–H groups in total. The highest BCUT2D eigenvalue weighted by molar-refractivity contribution is 5.75. The molecular weight excluding hydrogens is 176 g/mol. The van der Waals surface area contributed by atoms with Gasteiger partial charge in [0.2, 0.25) is 0 Å². The maximum Gasteiger partial charge on any atom is 0.311 e. The zero-order valence-corrected chi connectivity index (χ0v) is 10.4. The van der Waals surface area contributed by atoms with Gasteiger partial charge in [-0.2, -0.15) is 0 Å². The van der Waals surface area contributed by atoms with Crippen LogP contribution in [0.4, 0.5) is 0 Å². The van der Waals surface area contributed by atoms with Crippen molar-refractivity contribution in [3.63, 3.8) is 0 Å². The summed E-state index contributed by atoms with van der Waals surface area (Å²) in [7, 11) is 0. The molecule has 0 rings (SSSR count). The van der Waals surface area contributed by atoms with Crippen molar-refractivity contribution in [1.82, 2.24) is 0 Å². The number of hydrogen-bond donors (Lipinski definition) is 0. The smallest absolute Gasteiger partial charge is 0.311 e. The summed E-state index contributed by atoms with van der Waals surface area (Å²) in [5.41, 5.74) is -0.337. The molecule has 0 bridgehead atoms. The molecule has 1 atom stereocenters. The van der Waals surface area contributed by atoms with Gasteiger partial charge < -0.3 is 4.74 Å². The van der Waals surface area contributed by atoms with Gasteiger partial charge in [0.05, 0.1) is 12.0 Å². The van der Waals surface area contributed by atoms with E-state index < -0.39 is 0 Å². The molecule has 0 aromatic heterocycles. The van der Waals surface area contributed by atoms with Gasteiger partial charge in [-0.1, -0.05) is 27.7 Å². The summed E-state index contributed by atoms with van der Waals surface area (Å²) in [5, 5.41) is 0. The average molecular weight is 200 g/mol. The largest absolute Gasteiger partial charge is 0.465 e. The molecule has 0 amide bonds. The van der Waals surface area contributed by atoms with Gasteiger partial charge in [-0.3, -0.25) is 4.79 Å². The molecule has 1 unspecified atom stereocenters. The molecule has 0 aromatic rings. The summed E-state index contributed by atoms with van der Waals surface area (Å²) in [6, 6.07) is 0. The topological polar surface area (TPSA) is 26.3 Å². The number of carbonyl (C=O) groups is 1. The molecule has 0 saturated carbocycles. The fourth-order valence-corrected chi connectivity index (χ4v) is 0.739. The minimum absolute atomic E-state index is 0.0764. The Bertz CT molecular complexity index is 183. The second kappa shape index (κ2) is 5.38. The number of rotatable bonds is 5. The third-order valence-corrected chi connectivity index (χ3v) is 3.05. The van der Waals surface area contributed by atoms with Crippen molar-refractivity contribution in [2.45, 2.75) is 48.0 Å². The van der Waals surface area contributed by atoms with E-state index in [0.717, 1.165) is 6.42 Å². The summed E-state index contributed by atoms with van der Waals surface area (Å²) in [5.74, 6) is 0.923. The molecule has 2 heteroatoms. The number of carbonyl (C=O) groups excluding carboxylic acids is 1. The monoisotopic (exact) mass is 200 g/mol. The van der Waals surface area contributed by atoms with Gasteiger partial charge in [-0.25, -0.2) is 0 Å². The van der Waals surface area contributed by atoms with Gasteiger partial charge in [0.25, 0.3) is 0 Å². The van der Waals surface area contributed by atoms with Gasteiger partial charge >= 0.3 is 5.97 Å². The van der Waals surface area contributed by atoms with Crippen molar-refractivity contribution in [3.05, 3.63) is 0 Å². The van der Waals surface area contributed by atoms with E-state index in [1.54, 1.807) is 0 Å². The first-order valence-corrected chi connectivity index (χ1v) is 5.48. The van der Waals surface area contributed by atoms with E-state index in [2.05, 4.69) is 20.8 Å². The van der Waals surface area contributed by atoms with E-state index >= 15 is 0 Å². The summed E-state index contributed by atoms with van der Waals surface area (Å²) >= 11 is 0. The Morgan fingerprint density at radius 1 is 1.29 bits per heavy atom. The number of hydrogen-bond acceptors (Lipinski definition) is 2. The Hall–Kier alpha value is -0.530. The lowest BCUT2D eigenvalue weighted by molar-refractivity contribution is -0.155. The summed E-state index contributed by atoms with van der Waals surface area (Å²) in [6.07, 6.45) is 0.821. The fraction of sp³-hybridized carbons (Fsp3) is 0.917. The highest BCUT2D eigenvalue weighted by Gasteiger charge is 2.27. The third kappa shape index (κ3) is 4.12. The first-order chi connectivity index (χ1) is 6.31. The van der Waals surface area contributed by atoms with E-state index in [1.807, 2.05) is 20.8 Å². The molecular formula is C12H24O2. The number of esters is 1. The van der Waals surface area contributed by atoms with E-state index in [-0.39, 0.29) is 11.4 Å². The molecule has 0 fully saturated rings. The predicted molar refractivity (Wildman–Crippen MR) is 59.0 cm³/mol. The molecule has 0 heterocycles. The van der Waals surface area contributed by atoms with Crippen LogP contribution in [0.1, 0.15) is 48.0 Å². The zero-order valence-electron chi connectivity index (χ0n) is 10.4. The van der Waals surface area contributed by atoms with Crippen molar-refractivity contribution in [2.75, 3.05) is 6.61 Å². The van der Waals surface area contributed by atoms with E-state index in [9.17, 15) is 4.79 Å². The van der Waals surface area contributed by atoms with Crippen molar-refractivity contribution in [3.8, 4) is 0 Å². The van der Waals surface area contributed by atoms with Crippen LogP contribution in [0.5, 0.6) is 0 Å². The molecule has 14 heavy (non-hydrogen) atoms. The quantitative estimate of drug-likeness (QED) is 0.637. The number of ether oxygens (including phenoxy) is 1. The Morgan fingerprint density at radius 3 is 2.14 bits per heavy atom. The second-order valence-corrected chi connectivity index (χ2v) is 5.06. The molecule has 0 aromatic carbocycles. The standard InChI is InChI=1S/C12H24O2/c1-7-12(5,6)11(13)14-8-10(4)9(2)3/h9-10H,7-8H2,1-6H3. The summed E-state index contributed by atoms with van der Waals surface area (Å²) in [4.78, 5) is 11.6. The van der Waals surface area contributed by atoms with E-state index in [4.69, 9.17) is 4.74 Å². The van der Waals surface area contributed by atoms with Crippen molar-refractivity contribution < 1.29 is 9.53 Å². The van der Waals surface area contributed by atoms with Crippen LogP contribution >= 0.6 is 0 Å². The van der Waals surface area contributed by atoms with Crippen molar-refractivity contribution in [1.29, 1.82) is 0 Å². The zero-order chi connectivity index (χ0) is 11.4. The molecule has 0 aliphatic carbocycles. The van der Waals surface area contributed by atoms with E-state index in [0.29, 0.717) is 18.4 Å². The van der Waals surface area contributed by atoms with Gasteiger partial charge in [0, 0.05) is 0 Å². The minimum atomic E-state index is -0.337. The second-order valence-electron chi connectivity index (χ2n) is 5.06. The third-order valence-electron chi connectivity index (χ3n) is 3.05. The van der Waals surface area contributed by atoms with Crippen LogP contribution in [0.3, 0.4) is 0 Å². The molecule has 0 radical (unpaired) electrons. The van der Waals surface area contributed by atoms with Gasteiger partial charge in [0.15, 0.2) is 0 Å². The van der Waals surface area contributed by atoms with Crippen molar-refractivity contribution in [2.24, 2.45) is 17.3 Å². The van der Waals surface area contributed by atoms with Crippen LogP contribution in [-0.4, -0.2) is 12.6 Å². The minimum Gasteiger partial charge on any atom is -0.465 e. The predicted octanol–water partition coefficient (Wildman–Crippen LogP) is 3.26. The Kier molecular flexibility index (Phi) is 5.17. The first kappa shape index (κ1) is 13.5. The first-order valence-electron chi connectivity index (χ1n) is 5.48. The normalized spacial score (nSPS) is 14.2. The van der Waals surface area contributed by atoms with Gasteiger partial charge in [0.1, 0.15) is 0 Å². The van der Waals surface area contributed by atoms with Crippen LogP contribution in [0.2, 0.25) is 0 Å². The summed E-state index contributed by atoms with van der Waals surface area (Å²) in [6.45, 7) is 12.8. The Balaban J connectivity index is 3.97. The van der Waals surface area contributed by atoms with Crippen LogP contribution < -0.4 is 0 Å². The van der Waals surface area contributed by atoms with Gasteiger partial charge in [-0.15, -0.1) is 0 Å². The van der Waals surface area contributed by atoms with Crippen LogP contribution in [0.15, 0.2) is 0 Å². The van der Waals surface area contributed by atoms with Crippen LogP contribution in [0.25, 0.3) is 0 Å². The molecule has 0 aliphatic rings. The molecule has 0 saturated heterocycles. The lowest BCUT2D eigenvalue weighted by Crippen LogP contribution is -2.28. The SMILES string of the molecule is CCC(C)(C)C(=O)OCC(C)C(C)C. The molecule has 2 nitrogen and oxygen atoms in total. The average Bonchev–Trinajstić information content (AvgIpc) is 2.13. The van der Waals surface area contributed by atoms with E-state index in [1.165, 1.54) is 0 Å². The Labute approximate surface area is 88.0 Å². The maximum atomic E-state index is 11.6. The fourth-order valence-electron chi connectivity index (χ4n) is 0.739. The lowest BCUT2D eigenvalue weighted by atomic mass is 9.90. The van der Waals surface area contributed by atoms with Gasteiger partial charge in [-0.05, 0) is 32.1 Å². The summed E-state index contributed by atoms with van der Waals surface area (Å²) < 4.78 is 5.28. The van der Waals surface area contributed by atoms with Crippen LogP contribution in [0, 0.1) is 17.3 Å². The van der Waals surface area contributed by atoms with Crippen molar-refractivity contribution >= 4 is 5.97 Å². The molecule has 0 aliphatic heterocycles. The lowest BCUT2D eigenvalue weighted by Gasteiger charge is -2.23. The highest BCUT2D eigenvalue weighted by Crippen LogP contribution is 2.22. The highest BCUT2D eigenvalue weighted by atomic mass is 16.5. The molecule has 0 spiro atoms.